The Bertz CT molecular complexity index is 75.9. The lowest BCUT2D eigenvalue weighted by molar-refractivity contribution is 0.174. The molecule has 1 atom stereocenters. The predicted octanol–water partition coefficient (Wildman–Crippen LogP) is 1.72. The van der Waals surface area contributed by atoms with Crippen molar-refractivity contribution in [3.05, 3.63) is 13.3 Å². The van der Waals surface area contributed by atoms with Crippen LogP contribution in [0.4, 0.5) is 0 Å². The van der Waals surface area contributed by atoms with Crippen molar-refractivity contribution in [2.75, 3.05) is 6.61 Å². The summed E-state index contributed by atoms with van der Waals surface area (Å²) in [4.78, 5) is 0. The third-order valence-corrected chi connectivity index (χ3v) is 1.80. The molecule has 1 aliphatic carbocycles. The van der Waals surface area contributed by atoms with Crippen LogP contribution in [0.2, 0.25) is 0 Å². The monoisotopic (exact) mass is 172 g/mol. The topological polar surface area (TPSA) is 40.5 Å². The fraction of sp³-hybridized carbons (Fsp3) is 0.800. The van der Waals surface area contributed by atoms with Gasteiger partial charge < -0.3 is 10.2 Å². The molecule has 1 fully saturated rings. The number of hydrogen-bond donors (Lipinski definition) is 2. The Labute approximate surface area is 75.6 Å². The molecule has 1 saturated carbocycles. The zero-order valence-corrected chi connectivity index (χ0v) is 7.71. The maximum atomic E-state index is 8.85. The molecule has 0 bridgehead atoms. The molecule has 1 unspecified atom stereocenters. The molecule has 72 valence electrons. The van der Waals surface area contributed by atoms with Crippen LogP contribution in [0.1, 0.15) is 38.5 Å². The van der Waals surface area contributed by atoms with Crippen molar-refractivity contribution in [3.63, 3.8) is 0 Å². The van der Waals surface area contributed by atoms with Crippen LogP contribution in [-0.2, 0) is 0 Å². The van der Waals surface area contributed by atoms with Crippen LogP contribution >= 0.6 is 0 Å². The van der Waals surface area contributed by atoms with E-state index in [9.17, 15) is 0 Å². The minimum absolute atomic E-state index is 0.0891. The van der Waals surface area contributed by atoms with E-state index >= 15 is 0 Å². The van der Waals surface area contributed by atoms with Crippen LogP contribution in [0.15, 0.2) is 0 Å². The molecule has 2 N–H and O–H groups in total. The van der Waals surface area contributed by atoms with E-state index in [1.807, 2.05) is 6.42 Å². The van der Waals surface area contributed by atoms with Crippen LogP contribution < -0.4 is 0 Å². The second-order valence-corrected chi connectivity index (χ2v) is 3.02. The highest BCUT2D eigenvalue weighted by molar-refractivity contribution is 4.79. The first-order valence-corrected chi connectivity index (χ1v) is 4.72. The fourth-order valence-electron chi connectivity index (χ4n) is 1.04. The molecule has 2 nitrogen and oxygen atoms in total. The molecule has 2 heteroatoms. The van der Waals surface area contributed by atoms with Gasteiger partial charge >= 0.3 is 0 Å². The zero-order chi connectivity index (χ0) is 9.23. The van der Waals surface area contributed by atoms with Crippen molar-refractivity contribution >= 4 is 0 Å². The SMILES string of the molecule is OC1[CH]CCCC1.[CH2]CCCO. The van der Waals surface area contributed by atoms with Crippen LogP contribution in [0.5, 0.6) is 0 Å². The van der Waals surface area contributed by atoms with Crippen LogP contribution in [0, 0.1) is 13.3 Å². The Hall–Kier alpha value is -0.0800. The van der Waals surface area contributed by atoms with E-state index in [1.165, 1.54) is 12.8 Å². The Balaban J connectivity index is 0.000000217. The van der Waals surface area contributed by atoms with E-state index in [4.69, 9.17) is 10.2 Å². The molecule has 0 aromatic heterocycles. The Morgan fingerprint density at radius 3 is 2.33 bits per heavy atom. The normalized spacial score (nSPS) is 18.2. The largest absolute Gasteiger partial charge is 0.396 e. The maximum Gasteiger partial charge on any atom is 0.0572 e. The lowest BCUT2D eigenvalue weighted by atomic mass is 9.98. The fourth-order valence-corrected chi connectivity index (χ4v) is 1.04. The van der Waals surface area contributed by atoms with E-state index in [-0.39, 0.29) is 12.7 Å². The minimum Gasteiger partial charge on any atom is -0.396 e. The molecule has 2 radical (unpaired) electrons. The molecule has 0 spiro atoms. The summed E-state index contributed by atoms with van der Waals surface area (Å²) in [5.74, 6) is 0. The first-order valence-electron chi connectivity index (χ1n) is 4.72. The number of aliphatic hydroxyl groups excluding tert-OH is 2. The third kappa shape index (κ3) is 8.02. The molecule has 0 heterocycles. The van der Waals surface area contributed by atoms with Gasteiger partial charge in [-0.15, -0.1) is 0 Å². The molecule has 0 aliphatic heterocycles. The number of unbranched alkanes of at least 4 members (excludes halogenated alkanes) is 1. The molecule has 0 amide bonds. The van der Waals surface area contributed by atoms with Gasteiger partial charge in [0.25, 0.3) is 0 Å². The highest BCUT2D eigenvalue weighted by Gasteiger charge is 2.08. The second-order valence-electron chi connectivity index (χ2n) is 3.02. The van der Waals surface area contributed by atoms with Crippen LogP contribution in [0.25, 0.3) is 0 Å². The summed E-state index contributed by atoms with van der Waals surface area (Å²) in [6.07, 6.45) is 8.16. The predicted molar refractivity (Wildman–Crippen MR) is 50.5 cm³/mol. The molecule has 0 saturated heterocycles. The lowest BCUT2D eigenvalue weighted by Gasteiger charge is -2.14. The summed E-state index contributed by atoms with van der Waals surface area (Å²) in [7, 11) is 0. The lowest BCUT2D eigenvalue weighted by Crippen LogP contribution is -2.10. The highest BCUT2D eigenvalue weighted by Crippen LogP contribution is 2.15. The summed E-state index contributed by atoms with van der Waals surface area (Å²) in [6, 6.07) is 0. The van der Waals surface area contributed by atoms with Gasteiger partial charge in [0, 0.05) is 6.61 Å². The molecule has 1 rings (SSSR count). The van der Waals surface area contributed by atoms with Crippen molar-refractivity contribution in [2.24, 2.45) is 0 Å². The van der Waals surface area contributed by atoms with Gasteiger partial charge in [-0.05, 0) is 25.7 Å². The first kappa shape index (κ1) is 11.9. The van der Waals surface area contributed by atoms with Crippen molar-refractivity contribution in [2.45, 2.75) is 44.6 Å². The van der Waals surface area contributed by atoms with Gasteiger partial charge in [-0.2, -0.15) is 0 Å². The maximum absolute atomic E-state index is 8.85. The molecular weight excluding hydrogens is 152 g/mol. The number of hydrogen-bond acceptors (Lipinski definition) is 2. The molecule has 1 aliphatic rings. The van der Waals surface area contributed by atoms with Crippen molar-refractivity contribution < 1.29 is 10.2 Å². The molecule has 0 aromatic rings. The van der Waals surface area contributed by atoms with E-state index in [0.29, 0.717) is 0 Å². The van der Waals surface area contributed by atoms with Gasteiger partial charge in [-0.1, -0.05) is 26.2 Å². The summed E-state index contributed by atoms with van der Waals surface area (Å²) >= 11 is 0. The number of rotatable bonds is 2. The summed E-state index contributed by atoms with van der Waals surface area (Å²) in [5, 5.41) is 16.9. The standard InChI is InChI=1S/C6H11O.C4H9O/c7-6-4-2-1-3-5-6;1-2-3-4-5/h4,6-7H,1-3,5H2;5H,1-4H2. The van der Waals surface area contributed by atoms with Gasteiger partial charge in [0.1, 0.15) is 0 Å². The van der Waals surface area contributed by atoms with Gasteiger partial charge in [0.05, 0.1) is 6.10 Å². The zero-order valence-electron chi connectivity index (χ0n) is 7.71. The number of aliphatic hydroxyl groups is 2. The van der Waals surface area contributed by atoms with E-state index in [1.54, 1.807) is 0 Å². The average Bonchev–Trinajstić information content (AvgIpc) is 2.08. The van der Waals surface area contributed by atoms with Crippen LogP contribution in [0.3, 0.4) is 0 Å². The van der Waals surface area contributed by atoms with Crippen molar-refractivity contribution in [1.29, 1.82) is 0 Å². The Kier molecular flexibility index (Phi) is 8.95. The van der Waals surface area contributed by atoms with Gasteiger partial charge in [-0.25, -0.2) is 0 Å². The Morgan fingerprint density at radius 1 is 1.42 bits per heavy atom. The minimum atomic E-state index is -0.0891. The smallest absolute Gasteiger partial charge is 0.0572 e. The average molecular weight is 172 g/mol. The van der Waals surface area contributed by atoms with Crippen molar-refractivity contribution in [3.8, 4) is 0 Å². The highest BCUT2D eigenvalue weighted by atomic mass is 16.3. The summed E-state index contributed by atoms with van der Waals surface area (Å²) in [5.41, 5.74) is 0. The third-order valence-electron chi connectivity index (χ3n) is 1.80. The van der Waals surface area contributed by atoms with E-state index in [0.717, 1.165) is 25.7 Å². The molecular formula is C10H20O2. The van der Waals surface area contributed by atoms with Crippen molar-refractivity contribution in [1.82, 2.24) is 0 Å². The van der Waals surface area contributed by atoms with Gasteiger partial charge in [0.2, 0.25) is 0 Å². The quantitative estimate of drug-likeness (QED) is 0.666. The van der Waals surface area contributed by atoms with E-state index < -0.39 is 0 Å². The molecule has 12 heavy (non-hydrogen) atoms. The molecule has 0 aromatic carbocycles. The van der Waals surface area contributed by atoms with Crippen LogP contribution in [-0.4, -0.2) is 22.9 Å². The van der Waals surface area contributed by atoms with E-state index in [2.05, 4.69) is 6.92 Å². The summed E-state index contributed by atoms with van der Waals surface area (Å²) < 4.78 is 0. The first-order chi connectivity index (χ1) is 5.81. The second kappa shape index (κ2) is 9.01. The summed E-state index contributed by atoms with van der Waals surface area (Å²) in [6.45, 7) is 3.80. The van der Waals surface area contributed by atoms with Gasteiger partial charge in [-0.3, -0.25) is 0 Å². The Morgan fingerprint density at radius 2 is 2.17 bits per heavy atom. The van der Waals surface area contributed by atoms with Gasteiger partial charge in [0.15, 0.2) is 0 Å².